The van der Waals surface area contributed by atoms with Gasteiger partial charge in [0.25, 0.3) is 0 Å². The molecule has 20 heavy (non-hydrogen) atoms. The van der Waals surface area contributed by atoms with Crippen molar-refractivity contribution in [3.05, 3.63) is 64.1 Å². The highest BCUT2D eigenvalue weighted by Gasteiger charge is 2.16. The van der Waals surface area contributed by atoms with Gasteiger partial charge in [-0.3, -0.25) is 4.79 Å². The second kappa shape index (κ2) is 6.33. The number of hydrogen-bond donors (Lipinski definition) is 2. The molecule has 0 spiro atoms. The van der Waals surface area contributed by atoms with E-state index in [-0.39, 0.29) is 5.91 Å². The molecule has 100 valence electrons. The number of nitriles is 1. The van der Waals surface area contributed by atoms with Crippen LogP contribution >= 0.6 is 15.9 Å². The summed E-state index contributed by atoms with van der Waals surface area (Å²) in [5.74, 6) is -0.356. The molecule has 0 aliphatic rings. The van der Waals surface area contributed by atoms with E-state index in [0.29, 0.717) is 11.3 Å². The first kappa shape index (κ1) is 14.3. The number of hydrogen-bond acceptors (Lipinski definition) is 3. The Morgan fingerprint density at radius 3 is 2.60 bits per heavy atom. The first-order valence-corrected chi connectivity index (χ1v) is 6.72. The van der Waals surface area contributed by atoms with E-state index in [9.17, 15) is 4.79 Å². The van der Waals surface area contributed by atoms with E-state index in [1.54, 1.807) is 30.3 Å². The number of rotatable bonds is 3. The summed E-state index contributed by atoms with van der Waals surface area (Å²) in [5, 5.41) is 11.7. The number of anilines is 1. The van der Waals surface area contributed by atoms with Gasteiger partial charge in [0.05, 0.1) is 11.3 Å². The van der Waals surface area contributed by atoms with Crippen LogP contribution in [0.15, 0.2) is 53.0 Å². The fourth-order valence-electron chi connectivity index (χ4n) is 1.74. The smallest absolute Gasteiger partial charge is 0.245 e. The molecule has 0 heterocycles. The molecule has 2 aromatic rings. The zero-order valence-electron chi connectivity index (χ0n) is 10.5. The van der Waals surface area contributed by atoms with Crippen LogP contribution in [0, 0.1) is 11.3 Å². The van der Waals surface area contributed by atoms with E-state index in [0.717, 1.165) is 10.0 Å². The molecule has 0 unspecified atom stereocenters. The van der Waals surface area contributed by atoms with Crippen LogP contribution in [-0.4, -0.2) is 5.91 Å². The fourth-order valence-corrected chi connectivity index (χ4v) is 2.10. The molecule has 5 heteroatoms. The lowest BCUT2D eigenvalue weighted by Gasteiger charge is -2.13. The molecular weight excluding hydrogens is 318 g/mol. The van der Waals surface area contributed by atoms with Crippen LogP contribution in [0.25, 0.3) is 0 Å². The number of benzene rings is 2. The van der Waals surface area contributed by atoms with E-state index in [1.807, 2.05) is 24.3 Å². The minimum atomic E-state index is -0.776. The molecule has 4 nitrogen and oxygen atoms in total. The van der Waals surface area contributed by atoms with Crippen molar-refractivity contribution in [3.8, 4) is 6.07 Å². The molecular formula is C15H12BrN3O. The van der Waals surface area contributed by atoms with E-state index in [4.69, 9.17) is 11.0 Å². The molecule has 0 saturated carbocycles. The maximum absolute atomic E-state index is 12.1. The van der Waals surface area contributed by atoms with E-state index in [2.05, 4.69) is 21.2 Å². The SMILES string of the molecule is N#Cc1ccc(Br)cc1NC(=O)[C@H](N)c1ccccc1. The van der Waals surface area contributed by atoms with Crippen LogP contribution in [0.1, 0.15) is 17.2 Å². The van der Waals surface area contributed by atoms with Gasteiger partial charge in [-0.15, -0.1) is 0 Å². The van der Waals surface area contributed by atoms with Crippen molar-refractivity contribution in [2.45, 2.75) is 6.04 Å². The summed E-state index contributed by atoms with van der Waals surface area (Å²) in [6.45, 7) is 0. The molecule has 0 aliphatic heterocycles. The van der Waals surface area contributed by atoms with E-state index in [1.165, 1.54) is 0 Å². The van der Waals surface area contributed by atoms with Crippen LogP contribution in [0.5, 0.6) is 0 Å². The van der Waals surface area contributed by atoms with Crippen molar-refractivity contribution < 1.29 is 4.79 Å². The van der Waals surface area contributed by atoms with Crippen molar-refractivity contribution in [2.24, 2.45) is 5.73 Å². The number of carbonyl (C=O) groups is 1. The Hall–Kier alpha value is -2.16. The van der Waals surface area contributed by atoms with Crippen molar-refractivity contribution in [1.29, 1.82) is 5.26 Å². The highest BCUT2D eigenvalue weighted by Crippen LogP contribution is 2.22. The highest BCUT2D eigenvalue weighted by atomic mass is 79.9. The quantitative estimate of drug-likeness (QED) is 0.908. The summed E-state index contributed by atoms with van der Waals surface area (Å²) in [6, 6.07) is 15.4. The largest absolute Gasteiger partial charge is 0.323 e. The van der Waals surface area contributed by atoms with Gasteiger partial charge in [-0.1, -0.05) is 46.3 Å². The normalized spacial score (nSPS) is 11.4. The van der Waals surface area contributed by atoms with Gasteiger partial charge in [0.1, 0.15) is 12.1 Å². The third-order valence-corrected chi connectivity index (χ3v) is 3.29. The van der Waals surface area contributed by atoms with E-state index >= 15 is 0 Å². The minimum absolute atomic E-state index is 0.356. The number of carbonyl (C=O) groups excluding carboxylic acids is 1. The van der Waals surface area contributed by atoms with Gasteiger partial charge in [-0.2, -0.15) is 5.26 Å². The second-order valence-corrected chi connectivity index (χ2v) is 5.09. The summed E-state index contributed by atoms with van der Waals surface area (Å²) >= 11 is 3.31. The Labute approximate surface area is 125 Å². The molecule has 0 aliphatic carbocycles. The Balaban J connectivity index is 2.20. The second-order valence-electron chi connectivity index (χ2n) is 4.18. The Kier molecular flexibility index (Phi) is 4.51. The minimum Gasteiger partial charge on any atom is -0.323 e. The predicted octanol–water partition coefficient (Wildman–Crippen LogP) is 2.96. The number of nitrogens with zero attached hydrogens (tertiary/aromatic N) is 1. The summed E-state index contributed by atoms with van der Waals surface area (Å²) in [5.41, 5.74) is 7.46. The van der Waals surface area contributed by atoms with Gasteiger partial charge in [0.2, 0.25) is 5.91 Å². The Morgan fingerprint density at radius 2 is 1.95 bits per heavy atom. The summed E-state index contributed by atoms with van der Waals surface area (Å²) in [4.78, 5) is 12.1. The van der Waals surface area contributed by atoms with Crippen LogP contribution in [-0.2, 0) is 4.79 Å². The van der Waals surface area contributed by atoms with Gasteiger partial charge in [0, 0.05) is 4.47 Å². The maximum atomic E-state index is 12.1. The third-order valence-electron chi connectivity index (χ3n) is 2.80. The lowest BCUT2D eigenvalue weighted by Crippen LogP contribution is -2.28. The van der Waals surface area contributed by atoms with E-state index < -0.39 is 6.04 Å². The molecule has 2 aromatic carbocycles. The number of nitrogens with two attached hydrogens (primary N) is 1. The van der Waals surface area contributed by atoms with Gasteiger partial charge in [-0.05, 0) is 23.8 Å². The number of nitrogens with one attached hydrogen (secondary N) is 1. The van der Waals surface area contributed by atoms with Crippen molar-refractivity contribution >= 4 is 27.5 Å². The first-order valence-electron chi connectivity index (χ1n) is 5.93. The van der Waals surface area contributed by atoms with Gasteiger partial charge in [-0.25, -0.2) is 0 Å². The summed E-state index contributed by atoms with van der Waals surface area (Å²) in [7, 11) is 0. The Bertz CT molecular complexity index is 665. The molecule has 0 fully saturated rings. The molecule has 0 saturated heterocycles. The fraction of sp³-hybridized carbons (Fsp3) is 0.0667. The maximum Gasteiger partial charge on any atom is 0.245 e. The molecule has 1 atom stereocenters. The number of halogens is 1. The third kappa shape index (κ3) is 3.23. The van der Waals surface area contributed by atoms with Gasteiger partial charge < -0.3 is 11.1 Å². The predicted molar refractivity (Wildman–Crippen MR) is 80.9 cm³/mol. The average molecular weight is 330 g/mol. The lowest BCUT2D eigenvalue weighted by atomic mass is 10.1. The standard InChI is InChI=1S/C15H12BrN3O/c16-12-7-6-11(9-17)13(8-12)19-15(20)14(18)10-4-2-1-3-5-10/h1-8,14H,18H2,(H,19,20)/t14-/m1/s1. The number of amides is 1. The van der Waals surface area contributed by atoms with Crippen molar-refractivity contribution in [2.75, 3.05) is 5.32 Å². The molecule has 2 rings (SSSR count). The van der Waals surface area contributed by atoms with Gasteiger partial charge >= 0.3 is 0 Å². The first-order chi connectivity index (χ1) is 9.61. The summed E-state index contributed by atoms with van der Waals surface area (Å²) in [6.07, 6.45) is 0. The van der Waals surface area contributed by atoms with Crippen molar-refractivity contribution in [3.63, 3.8) is 0 Å². The molecule has 0 bridgehead atoms. The average Bonchev–Trinajstić information content (AvgIpc) is 2.47. The zero-order chi connectivity index (χ0) is 14.5. The van der Waals surface area contributed by atoms with Crippen molar-refractivity contribution in [1.82, 2.24) is 0 Å². The molecule has 1 amide bonds. The lowest BCUT2D eigenvalue weighted by molar-refractivity contribution is -0.117. The molecule has 0 aromatic heterocycles. The monoisotopic (exact) mass is 329 g/mol. The zero-order valence-corrected chi connectivity index (χ0v) is 12.1. The van der Waals surface area contributed by atoms with Gasteiger partial charge in [0.15, 0.2) is 0 Å². The van der Waals surface area contributed by atoms with Crippen LogP contribution in [0.3, 0.4) is 0 Å². The van der Waals surface area contributed by atoms with Crippen LogP contribution < -0.4 is 11.1 Å². The molecule has 3 N–H and O–H groups in total. The van der Waals surface area contributed by atoms with Crippen LogP contribution in [0.2, 0.25) is 0 Å². The molecule has 0 radical (unpaired) electrons. The highest BCUT2D eigenvalue weighted by molar-refractivity contribution is 9.10. The summed E-state index contributed by atoms with van der Waals surface area (Å²) < 4.78 is 0.778. The van der Waals surface area contributed by atoms with Crippen LogP contribution in [0.4, 0.5) is 5.69 Å². The Morgan fingerprint density at radius 1 is 1.25 bits per heavy atom. The topological polar surface area (TPSA) is 78.9 Å².